The number of carbonyl (C=O) groups is 2. The first-order valence-electron chi connectivity index (χ1n) is 11.4. The summed E-state index contributed by atoms with van der Waals surface area (Å²) in [5.41, 5.74) is 5.06. The molecule has 1 aliphatic carbocycles. The van der Waals surface area contributed by atoms with E-state index >= 15 is 0 Å². The van der Waals surface area contributed by atoms with E-state index in [0.717, 1.165) is 42.3 Å². The number of hydrogen-bond donors (Lipinski definition) is 3. The Hall–Kier alpha value is -3.58. The Kier molecular flexibility index (Phi) is 7.42. The minimum absolute atomic E-state index is 0.0410. The van der Waals surface area contributed by atoms with Gasteiger partial charge in [0.05, 0.1) is 12.3 Å². The van der Waals surface area contributed by atoms with Gasteiger partial charge in [-0.3, -0.25) is 14.8 Å². The molecule has 0 radical (unpaired) electrons. The molecule has 3 aromatic rings. The standard InChI is InChI=1S/C26H29N3O4/c30-25(28-32)7-3-1-2-4-16-29(26(31)24-6-5-17-33-24)22-12-10-19(11-13-22)21-9-8-20-14-15-27-23(20)18-21/h5-6,8-12,14-15,17-18,22,27,32H,1-4,7,13,16H2,(H,28,30). The van der Waals surface area contributed by atoms with E-state index in [4.69, 9.17) is 9.62 Å². The van der Waals surface area contributed by atoms with Gasteiger partial charge in [0, 0.05) is 24.7 Å². The third kappa shape index (κ3) is 5.62. The van der Waals surface area contributed by atoms with Gasteiger partial charge in [0.25, 0.3) is 5.91 Å². The van der Waals surface area contributed by atoms with Crippen LogP contribution < -0.4 is 5.48 Å². The number of rotatable bonds is 10. The van der Waals surface area contributed by atoms with Crippen molar-refractivity contribution in [2.24, 2.45) is 0 Å². The lowest BCUT2D eigenvalue weighted by molar-refractivity contribution is -0.129. The van der Waals surface area contributed by atoms with E-state index in [-0.39, 0.29) is 17.9 Å². The first-order chi connectivity index (χ1) is 16.2. The molecule has 3 N–H and O–H groups in total. The van der Waals surface area contributed by atoms with E-state index in [0.29, 0.717) is 25.1 Å². The molecule has 2 aromatic heterocycles. The molecule has 4 rings (SSSR count). The highest BCUT2D eigenvalue weighted by Crippen LogP contribution is 2.27. The first-order valence-corrected chi connectivity index (χ1v) is 11.4. The molecule has 0 saturated carbocycles. The van der Waals surface area contributed by atoms with Crippen LogP contribution in [0.2, 0.25) is 0 Å². The number of aromatic nitrogens is 1. The number of amides is 2. The van der Waals surface area contributed by atoms with Gasteiger partial charge in [0.15, 0.2) is 5.76 Å². The number of benzene rings is 1. The van der Waals surface area contributed by atoms with Crippen molar-refractivity contribution in [3.05, 3.63) is 78.4 Å². The van der Waals surface area contributed by atoms with E-state index in [2.05, 4.69) is 47.5 Å². The van der Waals surface area contributed by atoms with Crippen LogP contribution in [0.3, 0.4) is 0 Å². The predicted octanol–water partition coefficient (Wildman–Crippen LogP) is 5.07. The zero-order valence-electron chi connectivity index (χ0n) is 18.5. The normalized spacial score (nSPS) is 15.4. The number of unbranched alkanes of at least 4 members (excludes halogenated alkanes) is 3. The first kappa shape index (κ1) is 22.6. The Morgan fingerprint density at radius 2 is 2.03 bits per heavy atom. The molecule has 1 atom stereocenters. The molecule has 0 spiro atoms. The van der Waals surface area contributed by atoms with Gasteiger partial charge in [-0.1, -0.05) is 43.2 Å². The molecule has 0 fully saturated rings. The third-order valence-corrected chi connectivity index (χ3v) is 6.04. The van der Waals surface area contributed by atoms with Crippen LogP contribution in [-0.2, 0) is 4.79 Å². The lowest BCUT2D eigenvalue weighted by Crippen LogP contribution is -2.40. The number of nitrogens with one attached hydrogen (secondary N) is 2. The van der Waals surface area contributed by atoms with Gasteiger partial charge >= 0.3 is 0 Å². The number of furan rings is 1. The fourth-order valence-electron chi connectivity index (χ4n) is 4.22. The number of fused-ring (bicyclic) bond motifs is 1. The van der Waals surface area contributed by atoms with E-state index in [1.54, 1.807) is 17.6 Å². The number of carbonyl (C=O) groups excluding carboxylic acids is 2. The summed E-state index contributed by atoms with van der Waals surface area (Å²) in [6.45, 7) is 0.609. The second kappa shape index (κ2) is 10.8. The summed E-state index contributed by atoms with van der Waals surface area (Å²) in [4.78, 5) is 29.4. The summed E-state index contributed by atoms with van der Waals surface area (Å²) in [5, 5.41) is 9.75. The highest BCUT2D eigenvalue weighted by molar-refractivity contribution is 5.92. The van der Waals surface area contributed by atoms with Crippen molar-refractivity contribution in [1.29, 1.82) is 0 Å². The molecule has 1 aliphatic rings. The molecule has 7 heteroatoms. The van der Waals surface area contributed by atoms with Gasteiger partial charge in [-0.05, 0) is 60.1 Å². The van der Waals surface area contributed by atoms with Crippen molar-refractivity contribution in [2.75, 3.05) is 6.54 Å². The molecule has 0 saturated heterocycles. The summed E-state index contributed by atoms with van der Waals surface area (Å²) in [7, 11) is 0. The van der Waals surface area contributed by atoms with E-state index in [9.17, 15) is 9.59 Å². The molecular weight excluding hydrogens is 418 g/mol. The molecule has 2 amide bonds. The maximum absolute atomic E-state index is 13.1. The van der Waals surface area contributed by atoms with Crippen LogP contribution in [0.15, 0.2) is 71.5 Å². The van der Waals surface area contributed by atoms with Gasteiger partial charge in [-0.25, -0.2) is 5.48 Å². The van der Waals surface area contributed by atoms with Gasteiger partial charge in [0.2, 0.25) is 5.91 Å². The van der Waals surface area contributed by atoms with Crippen molar-refractivity contribution in [3.63, 3.8) is 0 Å². The molecule has 1 unspecified atom stereocenters. The van der Waals surface area contributed by atoms with Crippen LogP contribution >= 0.6 is 0 Å². The summed E-state index contributed by atoms with van der Waals surface area (Å²) in [6.07, 6.45) is 14.2. The van der Waals surface area contributed by atoms with Crippen LogP contribution in [0, 0.1) is 0 Å². The van der Waals surface area contributed by atoms with Crippen LogP contribution in [-0.4, -0.2) is 39.5 Å². The highest BCUT2D eigenvalue weighted by Gasteiger charge is 2.25. The maximum atomic E-state index is 13.1. The Bertz CT molecular complexity index is 1140. The van der Waals surface area contributed by atoms with Gasteiger partial charge in [-0.15, -0.1) is 0 Å². The lowest BCUT2D eigenvalue weighted by Gasteiger charge is -2.30. The van der Waals surface area contributed by atoms with Crippen LogP contribution in [0.4, 0.5) is 0 Å². The Morgan fingerprint density at radius 1 is 1.15 bits per heavy atom. The molecule has 1 aromatic carbocycles. The topological polar surface area (TPSA) is 98.6 Å². The number of H-pyrrole nitrogens is 1. The zero-order valence-corrected chi connectivity index (χ0v) is 18.5. The van der Waals surface area contributed by atoms with E-state index in [1.807, 2.05) is 11.1 Å². The van der Waals surface area contributed by atoms with Crippen LogP contribution in [0.1, 0.15) is 54.6 Å². The average Bonchev–Trinajstić information content (AvgIpc) is 3.55. The minimum Gasteiger partial charge on any atom is -0.459 e. The highest BCUT2D eigenvalue weighted by atomic mass is 16.5. The third-order valence-electron chi connectivity index (χ3n) is 6.04. The quantitative estimate of drug-likeness (QED) is 0.230. The summed E-state index contributed by atoms with van der Waals surface area (Å²) in [6, 6.07) is 11.8. The van der Waals surface area contributed by atoms with Crippen LogP contribution in [0.5, 0.6) is 0 Å². The van der Waals surface area contributed by atoms with Gasteiger partial charge < -0.3 is 14.3 Å². The molecule has 0 aliphatic heterocycles. The van der Waals surface area contributed by atoms with Crippen molar-refractivity contribution >= 4 is 28.3 Å². The minimum atomic E-state index is -0.366. The number of allylic oxidation sites excluding steroid dienone is 2. The van der Waals surface area contributed by atoms with Crippen LogP contribution in [0.25, 0.3) is 16.5 Å². The molecular formula is C26H29N3O4. The SMILES string of the molecule is O=C(CCCCCCN(C(=O)c1ccco1)C1C=CC(c2ccc3cc[nH]c3c2)=CC1)NO. The number of aromatic amines is 1. The lowest BCUT2D eigenvalue weighted by atomic mass is 9.95. The summed E-state index contributed by atoms with van der Waals surface area (Å²) in [5.74, 6) is -0.135. The second-order valence-electron chi connectivity index (χ2n) is 8.28. The number of hydrogen-bond acceptors (Lipinski definition) is 4. The van der Waals surface area contributed by atoms with Crippen molar-refractivity contribution < 1.29 is 19.2 Å². The maximum Gasteiger partial charge on any atom is 0.290 e. The fourth-order valence-corrected chi connectivity index (χ4v) is 4.22. The predicted molar refractivity (Wildman–Crippen MR) is 127 cm³/mol. The second-order valence-corrected chi connectivity index (χ2v) is 8.28. The van der Waals surface area contributed by atoms with E-state index in [1.165, 1.54) is 11.6 Å². The average molecular weight is 448 g/mol. The number of hydroxylamine groups is 1. The Labute approximate surface area is 192 Å². The van der Waals surface area contributed by atoms with E-state index < -0.39 is 0 Å². The largest absolute Gasteiger partial charge is 0.459 e. The molecule has 172 valence electrons. The van der Waals surface area contributed by atoms with Gasteiger partial charge in [-0.2, -0.15) is 0 Å². The molecule has 0 bridgehead atoms. The summed E-state index contributed by atoms with van der Waals surface area (Å²) < 4.78 is 5.37. The summed E-state index contributed by atoms with van der Waals surface area (Å²) >= 11 is 0. The van der Waals surface area contributed by atoms with Crippen molar-refractivity contribution in [3.8, 4) is 0 Å². The molecule has 2 heterocycles. The van der Waals surface area contributed by atoms with Crippen molar-refractivity contribution in [2.45, 2.75) is 44.6 Å². The smallest absolute Gasteiger partial charge is 0.290 e. The number of nitrogens with zero attached hydrogens (tertiary/aromatic N) is 1. The molecule has 7 nitrogen and oxygen atoms in total. The Balaban J connectivity index is 1.38. The monoisotopic (exact) mass is 447 g/mol. The zero-order chi connectivity index (χ0) is 23.0. The van der Waals surface area contributed by atoms with Crippen molar-refractivity contribution in [1.82, 2.24) is 15.4 Å². The Morgan fingerprint density at radius 3 is 2.79 bits per heavy atom. The molecule has 33 heavy (non-hydrogen) atoms. The fraction of sp³-hybridized carbons (Fsp3) is 0.308. The van der Waals surface area contributed by atoms with Gasteiger partial charge in [0.1, 0.15) is 0 Å².